The fourth-order valence-corrected chi connectivity index (χ4v) is 11.7. The molecule has 3 aromatic carbocycles. The Morgan fingerprint density at radius 2 is 1.67 bits per heavy atom. The summed E-state index contributed by atoms with van der Waals surface area (Å²) < 4.78 is 29.4. The molecule has 2 atom stereocenters. The SMILES string of the molecule is C[C@@H]1CN(c2c(CO[Si](c3ccccc3)(c3ccccc3)C(C)(C)C)cc(/C(=N/O)c3nccs3)c(F)c2Cl)C[C@H](C)O1. The van der Waals surface area contributed by atoms with E-state index in [0.29, 0.717) is 29.3 Å². The number of thiazole rings is 1. The number of hydrogen-bond acceptors (Lipinski definition) is 7. The van der Waals surface area contributed by atoms with Crippen molar-refractivity contribution in [2.24, 2.45) is 5.16 Å². The van der Waals surface area contributed by atoms with Crippen LogP contribution in [-0.2, 0) is 15.8 Å². The molecule has 0 unspecified atom stereocenters. The van der Waals surface area contributed by atoms with Crippen molar-refractivity contribution in [3.8, 4) is 0 Å². The molecular weight excluding hydrogens is 601 g/mol. The Morgan fingerprint density at radius 3 is 2.16 bits per heavy atom. The fourth-order valence-electron chi connectivity index (χ4n) is 6.15. The van der Waals surface area contributed by atoms with Gasteiger partial charge in [-0.15, -0.1) is 11.3 Å². The predicted octanol–water partition coefficient (Wildman–Crippen LogP) is 6.85. The largest absolute Gasteiger partial charge is 0.410 e. The first-order valence-electron chi connectivity index (χ1n) is 14.4. The lowest BCUT2D eigenvalue weighted by Gasteiger charge is -2.43. The highest BCUT2D eigenvalue weighted by Gasteiger charge is 2.50. The lowest BCUT2D eigenvalue weighted by atomic mass is 10.0. The molecule has 0 bridgehead atoms. The molecule has 1 N–H and O–H groups in total. The molecular formula is C33H37ClFN3O3SSi. The van der Waals surface area contributed by atoms with Crippen LogP contribution in [0.3, 0.4) is 0 Å². The molecule has 1 fully saturated rings. The number of oxime groups is 1. The highest BCUT2D eigenvalue weighted by atomic mass is 35.5. The van der Waals surface area contributed by atoms with E-state index in [-0.39, 0.29) is 40.2 Å². The van der Waals surface area contributed by atoms with Crippen molar-refractivity contribution in [2.75, 3.05) is 18.0 Å². The molecule has 1 aliphatic heterocycles. The number of nitrogens with zero attached hydrogens (tertiary/aromatic N) is 3. The molecule has 1 aromatic heterocycles. The van der Waals surface area contributed by atoms with Crippen LogP contribution in [0.15, 0.2) is 83.5 Å². The van der Waals surface area contributed by atoms with Crippen LogP contribution in [0.25, 0.3) is 0 Å². The maximum absolute atomic E-state index is 16.2. The highest BCUT2D eigenvalue weighted by molar-refractivity contribution is 7.11. The molecule has 0 saturated carbocycles. The van der Waals surface area contributed by atoms with Crippen LogP contribution >= 0.6 is 22.9 Å². The highest BCUT2D eigenvalue weighted by Crippen LogP contribution is 2.41. The van der Waals surface area contributed by atoms with Gasteiger partial charge in [-0.3, -0.25) is 0 Å². The van der Waals surface area contributed by atoms with Crippen molar-refractivity contribution in [3.05, 3.63) is 105 Å². The van der Waals surface area contributed by atoms with Crippen molar-refractivity contribution in [1.82, 2.24) is 4.98 Å². The number of ether oxygens (including phenoxy) is 1. The Labute approximate surface area is 262 Å². The number of hydrogen-bond donors (Lipinski definition) is 1. The molecule has 0 spiro atoms. The van der Waals surface area contributed by atoms with E-state index in [9.17, 15) is 5.21 Å². The van der Waals surface area contributed by atoms with Crippen LogP contribution in [-0.4, -0.2) is 49.5 Å². The van der Waals surface area contributed by atoms with E-state index in [2.05, 4.69) is 60.1 Å². The third kappa shape index (κ3) is 6.14. The first-order valence-corrected chi connectivity index (χ1v) is 17.5. The molecule has 0 aliphatic carbocycles. The zero-order valence-electron chi connectivity index (χ0n) is 25.1. The number of morpholine rings is 1. The van der Waals surface area contributed by atoms with Crippen LogP contribution in [0.1, 0.15) is 50.8 Å². The van der Waals surface area contributed by atoms with Crippen molar-refractivity contribution >= 4 is 53.0 Å². The van der Waals surface area contributed by atoms with Crippen LogP contribution in [0.5, 0.6) is 0 Å². The van der Waals surface area contributed by atoms with Crippen LogP contribution in [0.4, 0.5) is 10.1 Å². The van der Waals surface area contributed by atoms with E-state index < -0.39 is 14.1 Å². The normalized spacial score (nSPS) is 18.2. The van der Waals surface area contributed by atoms with Gasteiger partial charge in [0.25, 0.3) is 8.32 Å². The van der Waals surface area contributed by atoms with Gasteiger partial charge in [0.15, 0.2) is 5.82 Å². The standard InChI is InChI=1S/C33H37ClFN3O3SSi/c1-22-19-38(20-23(2)41-22)31-24(18-27(29(35)28(31)34)30(37-39)32-36-16-17-42-32)21-40-43(33(3,4)5,25-12-8-6-9-13-25)26-14-10-7-11-15-26/h6-18,22-23,39H,19-21H2,1-5H3/b37-30-/t22-,23+. The van der Waals surface area contributed by atoms with Gasteiger partial charge in [-0.05, 0) is 35.3 Å². The minimum Gasteiger partial charge on any atom is -0.410 e. The Hall–Kier alpha value is -3.08. The quantitative estimate of drug-likeness (QED) is 0.0991. The summed E-state index contributed by atoms with van der Waals surface area (Å²) >= 11 is 8.17. The van der Waals surface area contributed by atoms with E-state index in [1.807, 2.05) is 50.2 Å². The molecule has 226 valence electrons. The summed E-state index contributed by atoms with van der Waals surface area (Å²) in [6.45, 7) is 11.9. The van der Waals surface area contributed by atoms with Gasteiger partial charge in [-0.1, -0.05) is 98.2 Å². The van der Waals surface area contributed by atoms with E-state index in [4.69, 9.17) is 20.8 Å². The summed E-state index contributed by atoms with van der Waals surface area (Å²) in [5.74, 6) is -0.666. The van der Waals surface area contributed by atoms with E-state index in [0.717, 1.165) is 10.4 Å². The Kier molecular flexibility index (Phi) is 9.39. The van der Waals surface area contributed by atoms with E-state index in [1.54, 1.807) is 17.6 Å². The Morgan fingerprint density at radius 1 is 1.09 bits per heavy atom. The Bertz CT molecular complexity index is 1520. The minimum atomic E-state index is -2.94. The molecule has 1 aliphatic rings. The molecule has 1 saturated heterocycles. The second-order valence-electron chi connectivity index (χ2n) is 12.0. The third-order valence-electron chi connectivity index (χ3n) is 7.85. The minimum absolute atomic E-state index is 0.0244. The molecule has 5 rings (SSSR count). The monoisotopic (exact) mass is 637 g/mol. The second-order valence-corrected chi connectivity index (χ2v) is 17.5. The smallest absolute Gasteiger partial charge is 0.261 e. The van der Waals surface area contributed by atoms with E-state index >= 15 is 4.39 Å². The van der Waals surface area contributed by atoms with Crippen molar-refractivity contribution in [3.63, 3.8) is 0 Å². The molecule has 4 aromatic rings. The van der Waals surface area contributed by atoms with Crippen molar-refractivity contribution in [2.45, 2.75) is 58.5 Å². The van der Waals surface area contributed by atoms with Gasteiger partial charge < -0.3 is 19.3 Å². The van der Waals surface area contributed by atoms with Crippen molar-refractivity contribution in [1.29, 1.82) is 0 Å². The van der Waals surface area contributed by atoms with Crippen LogP contribution in [0, 0.1) is 5.82 Å². The average molecular weight is 638 g/mol. The maximum Gasteiger partial charge on any atom is 0.261 e. The fraction of sp³-hybridized carbons (Fsp3) is 0.333. The first-order chi connectivity index (χ1) is 20.6. The van der Waals surface area contributed by atoms with Gasteiger partial charge >= 0.3 is 0 Å². The lowest BCUT2D eigenvalue weighted by Crippen LogP contribution is -2.66. The van der Waals surface area contributed by atoms with Crippen LogP contribution < -0.4 is 15.3 Å². The van der Waals surface area contributed by atoms with Gasteiger partial charge in [-0.25, -0.2) is 9.37 Å². The number of benzene rings is 3. The summed E-state index contributed by atoms with van der Waals surface area (Å²) in [7, 11) is -2.94. The number of aromatic nitrogens is 1. The molecule has 0 amide bonds. The lowest BCUT2D eigenvalue weighted by molar-refractivity contribution is -0.00532. The zero-order chi connectivity index (χ0) is 30.8. The third-order valence-corrected chi connectivity index (χ3v) is 14.0. The summed E-state index contributed by atoms with van der Waals surface area (Å²) in [6, 6.07) is 22.4. The topological polar surface area (TPSA) is 67.2 Å². The first kappa shape index (κ1) is 31.3. The second kappa shape index (κ2) is 12.9. The molecule has 2 heterocycles. The summed E-state index contributed by atoms with van der Waals surface area (Å²) in [5, 5.41) is 17.6. The van der Waals surface area contributed by atoms with Gasteiger partial charge in [0.2, 0.25) is 0 Å². The molecule has 10 heteroatoms. The average Bonchev–Trinajstić information content (AvgIpc) is 3.51. The van der Waals surface area contributed by atoms with E-state index in [1.165, 1.54) is 11.3 Å². The number of halogens is 2. The maximum atomic E-state index is 16.2. The van der Waals surface area contributed by atoms with Gasteiger partial charge in [0.1, 0.15) is 15.7 Å². The zero-order valence-corrected chi connectivity index (χ0v) is 27.6. The van der Waals surface area contributed by atoms with Gasteiger partial charge in [0, 0.05) is 35.8 Å². The molecule has 0 radical (unpaired) electrons. The predicted molar refractivity (Wildman–Crippen MR) is 176 cm³/mol. The summed E-state index contributed by atoms with van der Waals surface area (Å²) in [4.78, 5) is 6.34. The summed E-state index contributed by atoms with van der Waals surface area (Å²) in [6.07, 6.45) is 1.44. The number of anilines is 1. The van der Waals surface area contributed by atoms with Gasteiger partial charge in [-0.2, -0.15) is 0 Å². The van der Waals surface area contributed by atoms with Crippen LogP contribution in [0.2, 0.25) is 10.1 Å². The van der Waals surface area contributed by atoms with Gasteiger partial charge in [0.05, 0.1) is 24.5 Å². The molecule has 43 heavy (non-hydrogen) atoms. The Balaban J connectivity index is 1.70. The number of rotatable bonds is 8. The molecule has 6 nitrogen and oxygen atoms in total. The summed E-state index contributed by atoms with van der Waals surface area (Å²) in [5.41, 5.74) is 1.37. The van der Waals surface area contributed by atoms with Crippen molar-refractivity contribution < 1.29 is 18.8 Å².